The van der Waals surface area contributed by atoms with Crippen LogP contribution in [0.5, 0.6) is 0 Å². The van der Waals surface area contributed by atoms with E-state index in [1.54, 1.807) is 0 Å². The van der Waals surface area contributed by atoms with E-state index in [9.17, 15) is 43.2 Å². The zero-order valence-electron chi connectivity index (χ0n) is 66.6. The molecule has 106 heavy (non-hydrogen) atoms. The summed E-state index contributed by atoms with van der Waals surface area (Å²) in [5.41, 5.74) is 0. The van der Waals surface area contributed by atoms with Gasteiger partial charge in [-0.25, -0.2) is 9.13 Å². The summed E-state index contributed by atoms with van der Waals surface area (Å²) >= 11 is 0. The fourth-order valence-corrected chi connectivity index (χ4v) is 12.4. The van der Waals surface area contributed by atoms with E-state index in [0.717, 1.165) is 141 Å². The molecule has 19 heteroatoms. The highest BCUT2D eigenvalue weighted by Gasteiger charge is 2.30. The van der Waals surface area contributed by atoms with Crippen molar-refractivity contribution in [1.82, 2.24) is 0 Å². The number of carbonyl (C=O) groups is 4. The van der Waals surface area contributed by atoms with Crippen LogP contribution >= 0.6 is 15.6 Å². The van der Waals surface area contributed by atoms with E-state index >= 15 is 0 Å². The first-order valence-electron chi connectivity index (χ1n) is 41.4. The minimum atomic E-state index is -5.00. The fourth-order valence-electron chi connectivity index (χ4n) is 10.8. The third-order valence-electron chi connectivity index (χ3n) is 17.1. The lowest BCUT2D eigenvalue weighted by Gasteiger charge is -2.21. The maximum Gasteiger partial charge on any atom is 0.472 e. The van der Waals surface area contributed by atoms with Gasteiger partial charge in [-0.15, -0.1) is 0 Å². The van der Waals surface area contributed by atoms with Crippen molar-refractivity contribution in [1.29, 1.82) is 0 Å². The molecule has 0 fully saturated rings. The van der Waals surface area contributed by atoms with E-state index in [1.807, 2.05) is 12.2 Å². The van der Waals surface area contributed by atoms with Crippen LogP contribution in [0.25, 0.3) is 0 Å². The van der Waals surface area contributed by atoms with Crippen LogP contribution in [-0.4, -0.2) is 96.7 Å². The largest absolute Gasteiger partial charge is 0.472 e. The molecule has 0 bridgehead atoms. The third kappa shape index (κ3) is 77.4. The Labute approximate surface area is 644 Å². The number of aliphatic hydroxyl groups is 1. The van der Waals surface area contributed by atoms with Gasteiger partial charge in [-0.2, -0.15) is 0 Å². The minimum Gasteiger partial charge on any atom is -0.462 e. The van der Waals surface area contributed by atoms with Crippen molar-refractivity contribution in [3.8, 4) is 0 Å². The van der Waals surface area contributed by atoms with E-state index in [1.165, 1.54) is 109 Å². The molecule has 608 valence electrons. The summed E-state index contributed by atoms with van der Waals surface area (Å²) < 4.78 is 68.6. The average molecular weight is 1530 g/mol. The zero-order chi connectivity index (χ0) is 77.4. The van der Waals surface area contributed by atoms with Crippen LogP contribution in [0.15, 0.2) is 134 Å². The Kier molecular flexibility index (Phi) is 74.8. The molecule has 0 rings (SSSR count). The molecule has 0 spiro atoms. The number of ether oxygens (including phenoxy) is 4. The van der Waals surface area contributed by atoms with Crippen molar-refractivity contribution in [3.05, 3.63) is 134 Å². The number of hydrogen-bond acceptors (Lipinski definition) is 15. The SMILES string of the molecule is CC/C=C\C/C=C\C/C=C\C/C=C\C/C=C\CCCCCC(=O)OC[C@H](COP(=O)(O)OC[C@@H](O)COP(=O)(O)OC[C@@H](COC(=O)CC/C=C\C/C=C\C/C=C\C/C=C\C/C=C\CCCCC)OC(=O)CCCCCCC/C=C\CCCCCC)OC(=O)CCCCCCCCCCCCCCCCC. The quantitative estimate of drug-likeness (QED) is 0.0169. The summed E-state index contributed by atoms with van der Waals surface area (Å²) in [6.45, 7) is 4.62. The molecular weight excluding hydrogens is 1380 g/mol. The Bertz CT molecular complexity index is 2530. The maximum atomic E-state index is 13.1. The summed E-state index contributed by atoms with van der Waals surface area (Å²) in [4.78, 5) is 73.1. The predicted molar refractivity (Wildman–Crippen MR) is 436 cm³/mol. The Morgan fingerprint density at radius 2 is 0.509 bits per heavy atom. The number of aliphatic hydroxyl groups excluding tert-OH is 1. The topological polar surface area (TPSA) is 237 Å². The lowest BCUT2D eigenvalue weighted by Crippen LogP contribution is -2.30. The molecule has 3 N–H and O–H groups in total. The molecule has 0 saturated carbocycles. The standard InChI is InChI=1S/C87H148O17P2/c1-5-9-13-17-21-25-29-33-36-38-40-42-45-48-51-55-59-63-67-71-84(89)97-77-82(103-86(91)73-69-65-61-57-53-47-32-28-24-20-16-12-8-4)79-101-105(93,94)99-75-81(88)76-100-106(95,96)102-80-83(104-87(92)74-70-66-62-58-54-50-44-35-31-27-23-19-15-11-7-3)78-98-85(90)72-68-64-60-56-52-49-46-43-41-39-37-34-30-26-22-18-14-10-6-2/h10,14,21-22,25-26,28,32-34,36-37,40-43,48-49,51-52,59,63,81-83,88H,5-9,11-13,15-20,23-24,27,29-31,35,38-39,44-47,50,53-58,60-62,64-80H2,1-4H3,(H,93,94)(H,95,96)/b14-10-,25-21-,26-22-,32-28-,36-33-,37-34-,42-40-,43-41-,51-48-,52-49-,63-59-/t81-,82+,83+/m0/s1. The number of unbranched alkanes of at least 4 members (excludes halogenated alkanes) is 29. The van der Waals surface area contributed by atoms with Crippen LogP contribution in [0.3, 0.4) is 0 Å². The lowest BCUT2D eigenvalue weighted by molar-refractivity contribution is -0.161. The molecular formula is C87H148O17P2. The smallest absolute Gasteiger partial charge is 0.462 e. The first kappa shape index (κ1) is 101. The Morgan fingerprint density at radius 1 is 0.274 bits per heavy atom. The van der Waals surface area contributed by atoms with Crippen molar-refractivity contribution >= 4 is 39.5 Å². The maximum absolute atomic E-state index is 13.1. The number of phosphoric ester groups is 2. The van der Waals surface area contributed by atoms with Gasteiger partial charge in [-0.3, -0.25) is 37.3 Å². The molecule has 0 aliphatic carbocycles. The summed E-state index contributed by atoms with van der Waals surface area (Å²) in [5, 5.41) is 10.7. The Balaban J connectivity index is 5.44. The second kappa shape index (κ2) is 78.3. The summed E-state index contributed by atoms with van der Waals surface area (Å²) in [5.74, 6) is -2.31. The number of esters is 4. The molecule has 0 heterocycles. The molecule has 0 aliphatic heterocycles. The van der Waals surface area contributed by atoms with Crippen LogP contribution in [0.4, 0.5) is 0 Å². The monoisotopic (exact) mass is 1530 g/mol. The second-order valence-corrected chi connectivity index (χ2v) is 30.2. The molecule has 0 aromatic rings. The van der Waals surface area contributed by atoms with Crippen LogP contribution in [0, 0.1) is 0 Å². The van der Waals surface area contributed by atoms with Crippen LogP contribution in [0.2, 0.25) is 0 Å². The van der Waals surface area contributed by atoms with Gasteiger partial charge in [0, 0.05) is 25.7 Å². The van der Waals surface area contributed by atoms with E-state index in [0.29, 0.717) is 32.1 Å². The molecule has 0 saturated heterocycles. The van der Waals surface area contributed by atoms with Crippen LogP contribution < -0.4 is 0 Å². The zero-order valence-corrected chi connectivity index (χ0v) is 68.4. The number of rotatable bonds is 77. The molecule has 0 aromatic carbocycles. The number of hydrogen-bond donors (Lipinski definition) is 3. The third-order valence-corrected chi connectivity index (χ3v) is 19.0. The van der Waals surface area contributed by atoms with Gasteiger partial charge in [0.2, 0.25) is 0 Å². The minimum absolute atomic E-state index is 0.0342. The van der Waals surface area contributed by atoms with Crippen molar-refractivity contribution in [2.24, 2.45) is 0 Å². The summed E-state index contributed by atoms with van der Waals surface area (Å²) in [6.07, 6.45) is 88.7. The van der Waals surface area contributed by atoms with Crippen molar-refractivity contribution in [3.63, 3.8) is 0 Å². The van der Waals surface area contributed by atoms with Gasteiger partial charge in [-0.05, 0) is 135 Å². The molecule has 0 aliphatic rings. The van der Waals surface area contributed by atoms with Gasteiger partial charge in [0.15, 0.2) is 12.2 Å². The molecule has 5 atom stereocenters. The van der Waals surface area contributed by atoms with Crippen molar-refractivity contribution in [2.45, 2.75) is 354 Å². The highest BCUT2D eigenvalue weighted by atomic mass is 31.2. The number of carbonyl (C=O) groups excluding carboxylic acids is 4. The Hall–Kier alpha value is -4.80. The van der Waals surface area contributed by atoms with Gasteiger partial charge in [-0.1, -0.05) is 309 Å². The van der Waals surface area contributed by atoms with E-state index in [-0.39, 0.29) is 25.7 Å². The fraction of sp³-hybridized carbons (Fsp3) is 0.701. The van der Waals surface area contributed by atoms with Gasteiger partial charge in [0.1, 0.15) is 19.3 Å². The van der Waals surface area contributed by atoms with Gasteiger partial charge in [0.25, 0.3) is 0 Å². The molecule has 0 radical (unpaired) electrons. The second-order valence-electron chi connectivity index (χ2n) is 27.3. The first-order valence-corrected chi connectivity index (χ1v) is 44.4. The van der Waals surface area contributed by atoms with E-state index < -0.39 is 97.5 Å². The highest BCUT2D eigenvalue weighted by molar-refractivity contribution is 7.47. The van der Waals surface area contributed by atoms with Crippen molar-refractivity contribution in [2.75, 3.05) is 39.6 Å². The van der Waals surface area contributed by atoms with Gasteiger partial charge in [0.05, 0.1) is 26.4 Å². The van der Waals surface area contributed by atoms with E-state index in [4.69, 9.17) is 37.0 Å². The Morgan fingerprint density at radius 3 is 0.858 bits per heavy atom. The van der Waals surface area contributed by atoms with E-state index in [2.05, 4.69) is 149 Å². The van der Waals surface area contributed by atoms with Crippen LogP contribution in [0.1, 0.15) is 336 Å². The predicted octanol–water partition coefficient (Wildman–Crippen LogP) is 24.4. The normalized spacial score (nSPS) is 14.5. The van der Waals surface area contributed by atoms with Crippen LogP contribution in [-0.2, 0) is 65.4 Å². The lowest BCUT2D eigenvalue weighted by atomic mass is 10.0. The summed E-state index contributed by atoms with van der Waals surface area (Å²) in [7, 11) is -9.99. The van der Waals surface area contributed by atoms with Crippen molar-refractivity contribution < 1.29 is 80.2 Å². The first-order chi connectivity index (χ1) is 51.7. The highest BCUT2D eigenvalue weighted by Crippen LogP contribution is 2.45. The average Bonchev–Trinajstić information content (AvgIpc) is 0.933. The number of phosphoric acid groups is 2. The van der Waals surface area contributed by atoms with Gasteiger partial charge >= 0.3 is 39.5 Å². The molecule has 17 nitrogen and oxygen atoms in total. The molecule has 2 unspecified atom stereocenters. The molecule has 0 aromatic heterocycles. The summed E-state index contributed by atoms with van der Waals surface area (Å²) in [6, 6.07) is 0. The van der Waals surface area contributed by atoms with Gasteiger partial charge < -0.3 is 33.8 Å². The molecule has 0 amide bonds. The number of allylic oxidation sites excluding steroid dienone is 22.